The maximum absolute atomic E-state index is 4.50. The van der Waals surface area contributed by atoms with Gasteiger partial charge in [-0.1, -0.05) is 72.8 Å². The minimum Gasteiger partial charge on any atom is -0.293 e. The molecule has 1 aliphatic rings. The predicted molar refractivity (Wildman–Crippen MR) is 111 cm³/mol. The molecule has 1 heterocycles. The zero-order valence-electron chi connectivity index (χ0n) is 14.9. The van der Waals surface area contributed by atoms with E-state index in [1.165, 1.54) is 11.1 Å². The molecule has 2 aromatic carbocycles. The highest BCUT2D eigenvalue weighted by molar-refractivity contribution is 5.78. The van der Waals surface area contributed by atoms with Gasteiger partial charge in [-0.3, -0.25) is 10.0 Å². The SMILES string of the molecule is C(=C/c1ccccc1)/C=N/N1CCN(/N=C/C=C/c2ccccc2)CC1. The Labute approximate surface area is 155 Å². The number of benzene rings is 2. The molecule has 3 rings (SSSR count). The van der Waals surface area contributed by atoms with Gasteiger partial charge in [-0.2, -0.15) is 10.2 Å². The molecule has 0 amide bonds. The number of hydrogen-bond acceptors (Lipinski definition) is 4. The average molecular weight is 344 g/mol. The van der Waals surface area contributed by atoms with E-state index in [-0.39, 0.29) is 0 Å². The molecule has 4 heteroatoms. The highest BCUT2D eigenvalue weighted by atomic mass is 15.5. The Hall–Kier alpha value is -3.14. The molecule has 0 bridgehead atoms. The fourth-order valence-electron chi connectivity index (χ4n) is 2.62. The second kappa shape index (κ2) is 9.99. The van der Waals surface area contributed by atoms with Crippen molar-refractivity contribution in [3.63, 3.8) is 0 Å². The molecule has 0 N–H and O–H groups in total. The van der Waals surface area contributed by atoms with Gasteiger partial charge in [0.2, 0.25) is 0 Å². The molecule has 1 aliphatic heterocycles. The number of piperazine rings is 1. The summed E-state index contributed by atoms with van der Waals surface area (Å²) in [5.74, 6) is 0. The van der Waals surface area contributed by atoms with Crippen molar-refractivity contribution >= 4 is 24.6 Å². The molecule has 0 atom stereocenters. The highest BCUT2D eigenvalue weighted by Crippen LogP contribution is 2.04. The van der Waals surface area contributed by atoms with E-state index >= 15 is 0 Å². The largest absolute Gasteiger partial charge is 0.293 e. The summed E-state index contributed by atoms with van der Waals surface area (Å²) in [5, 5.41) is 13.2. The summed E-state index contributed by atoms with van der Waals surface area (Å²) in [6.07, 6.45) is 11.8. The van der Waals surface area contributed by atoms with E-state index in [2.05, 4.69) is 56.6 Å². The van der Waals surface area contributed by atoms with E-state index in [1.54, 1.807) is 0 Å². The molecule has 4 nitrogen and oxygen atoms in total. The Balaban J connectivity index is 1.38. The van der Waals surface area contributed by atoms with Gasteiger partial charge >= 0.3 is 0 Å². The third kappa shape index (κ3) is 6.06. The van der Waals surface area contributed by atoms with Crippen molar-refractivity contribution in [3.05, 3.63) is 83.9 Å². The minimum absolute atomic E-state index is 0.884. The lowest BCUT2D eigenvalue weighted by atomic mass is 10.2. The van der Waals surface area contributed by atoms with Crippen LogP contribution in [0.15, 0.2) is 83.0 Å². The molecular weight excluding hydrogens is 320 g/mol. The first-order chi connectivity index (χ1) is 12.9. The Kier molecular flexibility index (Phi) is 6.79. The van der Waals surface area contributed by atoms with Crippen molar-refractivity contribution in [2.45, 2.75) is 0 Å². The number of allylic oxidation sites excluding steroid dienone is 2. The van der Waals surface area contributed by atoms with Crippen LogP contribution in [-0.2, 0) is 0 Å². The molecular formula is C22H24N4. The molecule has 0 radical (unpaired) electrons. The first-order valence-corrected chi connectivity index (χ1v) is 8.91. The van der Waals surface area contributed by atoms with Gasteiger partial charge in [-0.05, 0) is 23.3 Å². The Morgan fingerprint density at radius 2 is 0.962 bits per heavy atom. The molecule has 0 saturated carbocycles. The van der Waals surface area contributed by atoms with Crippen LogP contribution in [-0.4, -0.2) is 48.6 Å². The number of hydrogen-bond donors (Lipinski definition) is 0. The van der Waals surface area contributed by atoms with Crippen molar-refractivity contribution in [1.82, 2.24) is 10.0 Å². The summed E-state index contributed by atoms with van der Waals surface area (Å²) in [4.78, 5) is 0. The number of rotatable bonds is 6. The van der Waals surface area contributed by atoms with Crippen LogP contribution < -0.4 is 0 Å². The summed E-state index contributed by atoms with van der Waals surface area (Å²) in [7, 11) is 0. The van der Waals surface area contributed by atoms with Crippen LogP contribution in [0.1, 0.15) is 11.1 Å². The van der Waals surface area contributed by atoms with Gasteiger partial charge < -0.3 is 0 Å². The van der Waals surface area contributed by atoms with Crippen molar-refractivity contribution in [2.24, 2.45) is 10.2 Å². The van der Waals surface area contributed by atoms with Gasteiger partial charge in [0.05, 0.1) is 26.2 Å². The standard InChI is InChI=1S/C22H24N4/c1-3-9-21(10-4-1)13-7-15-23-25-17-19-26(20-18-25)24-16-8-14-22-11-5-2-6-12-22/h1-16H,17-20H2/b13-7-,14-8+,23-15+,24-16+. The predicted octanol–water partition coefficient (Wildman–Crippen LogP) is 4.00. The molecule has 1 saturated heterocycles. The van der Waals surface area contributed by atoms with Crippen LogP contribution in [0.4, 0.5) is 0 Å². The van der Waals surface area contributed by atoms with E-state index < -0.39 is 0 Å². The molecule has 132 valence electrons. The zero-order chi connectivity index (χ0) is 17.9. The molecule has 0 aliphatic carbocycles. The first-order valence-electron chi connectivity index (χ1n) is 8.91. The molecule has 26 heavy (non-hydrogen) atoms. The van der Waals surface area contributed by atoms with E-state index in [0.717, 1.165) is 26.2 Å². The average Bonchev–Trinajstić information content (AvgIpc) is 2.71. The van der Waals surface area contributed by atoms with Gasteiger partial charge in [0.15, 0.2) is 0 Å². The fraction of sp³-hybridized carbons (Fsp3) is 0.182. The van der Waals surface area contributed by atoms with Crippen LogP contribution in [0, 0.1) is 0 Å². The van der Waals surface area contributed by atoms with E-state index in [0.29, 0.717) is 0 Å². The fourth-order valence-corrected chi connectivity index (χ4v) is 2.62. The first kappa shape index (κ1) is 17.7. The highest BCUT2D eigenvalue weighted by Gasteiger charge is 2.12. The van der Waals surface area contributed by atoms with Crippen molar-refractivity contribution in [3.8, 4) is 0 Å². The Morgan fingerprint density at radius 1 is 0.577 bits per heavy atom. The molecule has 0 unspecified atom stereocenters. The van der Waals surface area contributed by atoms with Crippen LogP contribution in [0.2, 0.25) is 0 Å². The summed E-state index contributed by atoms with van der Waals surface area (Å²) in [6.45, 7) is 3.54. The lowest BCUT2D eigenvalue weighted by molar-refractivity contribution is 0.141. The number of hydrazone groups is 2. The second-order valence-electron chi connectivity index (χ2n) is 5.98. The zero-order valence-corrected chi connectivity index (χ0v) is 14.9. The smallest absolute Gasteiger partial charge is 0.0553 e. The Bertz CT molecular complexity index is 688. The van der Waals surface area contributed by atoms with Gasteiger partial charge in [-0.15, -0.1) is 0 Å². The normalized spacial score (nSPS) is 15.8. The van der Waals surface area contributed by atoms with Crippen molar-refractivity contribution in [2.75, 3.05) is 26.2 Å². The topological polar surface area (TPSA) is 31.2 Å². The van der Waals surface area contributed by atoms with Crippen LogP contribution in [0.3, 0.4) is 0 Å². The van der Waals surface area contributed by atoms with Crippen LogP contribution >= 0.6 is 0 Å². The molecule has 0 aromatic heterocycles. The summed E-state index contributed by atoms with van der Waals surface area (Å²) in [5.41, 5.74) is 2.36. The monoisotopic (exact) mass is 344 g/mol. The third-order valence-corrected chi connectivity index (χ3v) is 4.04. The van der Waals surface area contributed by atoms with Crippen molar-refractivity contribution in [1.29, 1.82) is 0 Å². The molecule has 1 fully saturated rings. The van der Waals surface area contributed by atoms with E-state index in [4.69, 9.17) is 0 Å². The summed E-state index contributed by atoms with van der Waals surface area (Å²) in [6, 6.07) is 20.5. The van der Waals surface area contributed by atoms with Gasteiger partial charge in [0.25, 0.3) is 0 Å². The molecule has 2 aromatic rings. The van der Waals surface area contributed by atoms with Crippen molar-refractivity contribution < 1.29 is 0 Å². The van der Waals surface area contributed by atoms with Crippen LogP contribution in [0.25, 0.3) is 12.2 Å². The lowest BCUT2D eigenvalue weighted by Crippen LogP contribution is -2.41. The maximum atomic E-state index is 4.50. The van der Waals surface area contributed by atoms with E-state index in [9.17, 15) is 0 Å². The summed E-state index contributed by atoms with van der Waals surface area (Å²) < 4.78 is 0. The van der Waals surface area contributed by atoms with Gasteiger partial charge in [0.1, 0.15) is 0 Å². The molecule has 0 spiro atoms. The third-order valence-electron chi connectivity index (χ3n) is 4.04. The van der Waals surface area contributed by atoms with Gasteiger partial charge in [0, 0.05) is 12.4 Å². The second-order valence-corrected chi connectivity index (χ2v) is 5.98. The number of nitrogens with zero attached hydrogens (tertiary/aromatic N) is 4. The lowest BCUT2D eigenvalue weighted by Gasteiger charge is -2.30. The maximum Gasteiger partial charge on any atom is 0.0553 e. The summed E-state index contributed by atoms with van der Waals surface area (Å²) >= 11 is 0. The van der Waals surface area contributed by atoms with E-state index in [1.807, 2.05) is 61.0 Å². The quantitative estimate of drug-likeness (QED) is 0.742. The van der Waals surface area contributed by atoms with Gasteiger partial charge in [-0.25, -0.2) is 0 Å². The Morgan fingerprint density at radius 3 is 1.35 bits per heavy atom. The minimum atomic E-state index is 0.884. The van der Waals surface area contributed by atoms with Crippen LogP contribution in [0.5, 0.6) is 0 Å².